The lowest BCUT2D eigenvalue weighted by Crippen LogP contribution is -2.24. The van der Waals surface area contributed by atoms with Gasteiger partial charge in [0.15, 0.2) is 0 Å². The van der Waals surface area contributed by atoms with Crippen molar-refractivity contribution in [2.75, 3.05) is 18.8 Å². The summed E-state index contributed by atoms with van der Waals surface area (Å²) < 4.78 is 0. The average Bonchev–Trinajstić information content (AvgIpc) is 2.63. The second-order valence-electron chi connectivity index (χ2n) is 6.35. The van der Waals surface area contributed by atoms with Crippen molar-refractivity contribution in [1.29, 1.82) is 0 Å². The van der Waals surface area contributed by atoms with Gasteiger partial charge in [-0.3, -0.25) is 9.69 Å². The third kappa shape index (κ3) is 8.65. The van der Waals surface area contributed by atoms with Crippen LogP contribution in [0.1, 0.15) is 48.2 Å². The van der Waals surface area contributed by atoms with E-state index in [4.69, 9.17) is 5.73 Å². The van der Waals surface area contributed by atoms with Gasteiger partial charge in [-0.25, -0.2) is 0 Å². The van der Waals surface area contributed by atoms with Crippen LogP contribution in [0.5, 0.6) is 0 Å². The molecule has 0 spiro atoms. The number of unbranched alkanes of at least 4 members (excludes halogenated alkanes) is 1. The van der Waals surface area contributed by atoms with Gasteiger partial charge in [0.25, 0.3) is 5.91 Å². The maximum atomic E-state index is 12.2. The lowest BCUT2D eigenvalue weighted by atomic mass is 10.1. The molecule has 0 aliphatic carbocycles. The summed E-state index contributed by atoms with van der Waals surface area (Å²) in [6.45, 7) is 8.07. The average molecular weight is 412 g/mol. The van der Waals surface area contributed by atoms with Gasteiger partial charge in [-0.15, -0.1) is 24.8 Å². The Bertz CT molecular complexity index is 695. The third-order valence-electron chi connectivity index (χ3n) is 4.27. The normalized spacial score (nSPS) is 10.0. The fourth-order valence-corrected chi connectivity index (χ4v) is 2.79. The fourth-order valence-electron chi connectivity index (χ4n) is 2.79. The minimum absolute atomic E-state index is 0. The van der Waals surface area contributed by atoms with Gasteiger partial charge < -0.3 is 11.1 Å². The highest BCUT2D eigenvalue weighted by molar-refractivity contribution is 5.94. The van der Waals surface area contributed by atoms with Gasteiger partial charge in [0.05, 0.1) is 0 Å². The van der Waals surface area contributed by atoms with Crippen LogP contribution in [-0.4, -0.2) is 23.9 Å². The summed E-state index contributed by atoms with van der Waals surface area (Å²) in [4.78, 5) is 14.7. The molecular formula is C21H31Cl2N3O. The number of benzene rings is 2. The lowest BCUT2D eigenvalue weighted by Gasteiger charge is -2.20. The number of hydrogen-bond acceptors (Lipinski definition) is 3. The first-order valence-corrected chi connectivity index (χ1v) is 9.06. The molecule has 0 saturated carbocycles. The molecule has 1 amide bonds. The Morgan fingerprint density at radius 2 is 1.74 bits per heavy atom. The van der Waals surface area contributed by atoms with Crippen molar-refractivity contribution in [2.24, 2.45) is 0 Å². The number of nitrogens with zero attached hydrogens (tertiary/aromatic N) is 1. The van der Waals surface area contributed by atoms with E-state index in [9.17, 15) is 4.79 Å². The van der Waals surface area contributed by atoms with Crippen molar-refractivity contribution in [2.45, 2.75) is 39.8 Å². The molecule has 150 valence electrons. The number of nitrogens with two attached hydrogens (primary N) is 1. The SMILES string of the molecule is CCCCN(CC)Cc1cccc(CNC(=O)c2cccc(N)c2)c1.Cl.Cl. The van der Waals surface area contributed by atoms with Gasteiger partial charge in [0.2, 0.25) is 0 Å². The first-order chi connectivity index (χ1) is 12.1. The molecule has 0 heterocycles. The van der Waals surface area contributed by atoms with Crippen LogP contribution in [0, 0.1) is 0 Å². The Balaban J connectivity index is 0.00000338. The minimum atomic E-state index is -0.101. The fraction of sp³-hybridized carbons (Fsp3) is 0.381. The first-order valence-electron chi connectivity index (χ1n) is 9.06. The van der Waals surface area contributed by atoms with Crippen LogP contribution in [0.3, 0.4) is 0 Å². The summed E-state index contributed by atoms with van der Waals surface area (Å²) in [6, 6.07) is 15.5. The molecule has 0 aliphatic rings. The smallest absolute Gasteiger partial charge is 0.251 e. The number of halogens is 2. The highest BCUT2D eigenvalue weighted by Gasteiger charge is 2.07. The van der Waals surface area contributed by atoms with E-state index in [2.05, 4.69) is 42.3 Å². The zero-order valence-electron chi connectivity index (χ0n) is 16.1. The molecule has 27 heavy (non-hydrogen) atoms. The molecule has 0 unspecified atom stereocenters. The van der Waals surface area contributed by atoms with Crippen molar-refractivity contribution in [3.63, 3.8) is 0 Å². The van der Waals surface area contributed by atoms with Crippen LogP contribution in [0.2, 0.25) is 0 Å². The van der Waals surface area contributed by atoms with Crippen LogP contribution in [0.4, 0.5) is 5.69 Å². The number of rotatable bonds is 9. The lowest BCUT2D eigenvalue weighted by molar-refractivity contribution is 0.0951. The molecule has 0 fully saturated rings. The Morgan fingerprint density at radius 1 is 1.04 bits per heavy atom. The van der Waals surface area contributed by atoms with Crippen LogP contribution in [-0.2, 0) is 13.1 Å². The highest BCUT2D eigenvalue weighted by atomic mass is 35.5. The predicted molar refractivity (Wildman–Crippen MR) is 119 cm³/mol. The summed E-state index contributed by atoms with van der Waals surface area (Å²) in [6.07, 6.45) is 2.44. The number of amides is 1. The Kier molecular flexibility index (Phi) is 12.6. The standard InChI is InChI=1S/C21H29N3O.2ClH/c1-3-5-12-24(4-2)16-18-9-6-8-17(13-18)15-23-21(25)19-10-7-11-20(22)14-19;;/h6-11,13-14H,3-5,12,15-16,22H2,1-2H3,(H,23,25);2*1H. The van der Waals surface area contributed by atoms with Gasteiger partial charge in [0.1, 0.15) is 0 Å². The molecule has 2 aromatic rings. The highest BCUT2D eigenvalue weighted by Crippen LogP contribution is 2.10. The molecule has 4 nitrogen and oxygen atoms in total. The largest absolute Gasteiger partial charge is 0.399 e. The van der Waals surface area contributed by atoms with Gasteiger partial charge in [-0.2, -0.15) is 0 Å². The molecular weight excluding hydrogens is 381 g/mol. The quantitative estimate of drug-likeness (QED) is 0.589. The molecule has 3 N–H and O–H groups in total. The molecule has 2 aromatic carbocycles. The zero-order valence-corrected chi connectivity index (χ0v) is 17.7. The number of nitrogens with one attached hydrogen (secondary N) is 1. The topological polar surface area (TPSA) is 58.4 Å². The maximum Gasteiger partial charge on any atom is 0.251 e. The van der Waals surface area contributed by atoms with Crippen LogP contribution in [0.15, 0.2) is 48.5 Å². The monoisotopic (exact) mass is 411 g/mol. The number of carbonyl (C=O) groups is 1. The van der Waals surface area contributed by atoms with E-state index >= 15 is 0 Å². The first kappa shape index (κ1) is 25.2. The Labute approximate surface area is 175 Å². The van der Waals surface area contributed by atoms with Gasteiger partial charge >= 0.3 is 0 Å². The number of anilines is 1. The van der Waals surface area contributed by atoms with E-state index in [0.29, 0.717) is 17.8 Å². The summed E-state index contributed by atoms with van der Waals surface area (Å²) in [5.41, 5.74) is 9.32. The summed E-state index contributed by atoms with van der Waals surface area (Å²) >= 11 is 0. The van der Waals surface area contributed by atoms with E-state index in [1.165, 1.54) is 18.4 Å². The van der Waals surface area contributed by atoms with Crippen molar-refractivity contribution in [1.82, 2.24) is 10.2 Å². The van der Waals surface area contributed by atoms with E-state index in [-0.39, 0.29) is 30.7 Å². The van der Waals surface area contributed by atoms with E-state index in [0.717, 1.165) is 25.2 Å². The maximum absolute atomic E-state index is 12.2. The van der Waals surface area contributed by atoms with Crippen molar-refractivity contribution in [3.8, 4) is 0 Å². The minimum Gasteiger partial charge on any atom is -0.399 e. The second-order valence-corrected chi connectivity index (χ2v) is 6.35. The van der Waals surface area contributed by atoms with Crippen LogP contribution >= 0.6 is 24.8 Å². The molecule has 2 rings (SSSR count). The Morgan fingerprint density at radius 3 is 2.41 bits per heavy atom. The van der Waals surface area contributed by atoms with Crippen LogP contribution < -0.4 is 11.1 Å². The number of hydrogen-bond donors (Lipinski definition) is 2. The molecule has 0 saturated heterocycles. The summed E-state index contributed by atoms with van der Waals surface area (Å²) in [7, 11) is 0. The van der Waals surface area contributed by atoms with Gasteiger partial charge in [-0.05, 0) is 48.8 Å². The van der Waals surface area contributed by atoms with Gasteiger partial charge in [0, 0.05) is 24.3 Å². The molecule has 6 heteroatoms. The zero-order chi connectivity index (χ0) is 18.1. The molecule has 0 aromatic heterocycles. The molecule has 0 atom stereocenters. The molecule has 0 radical (unpaired) electrons. The summed E-state index contributed by atoms with van der Waals surface area (Å²) in [5, 5.41) is 2.96. The van der Waals surface area contributed by atoms with E-state index in [1.807, 2.05) is 6.07 Å². The van der Waals surface area contributed by atoms with Crippen molar-refractivity contribution >= 4 is 36.4 Å². The molecule has 0 aliphatic heterocycles. The van der Waals surface area contributed by atoms with Crippen molar-refractivity contribution in [3.05, 3.63) is 65.2 Å². The van der Waals surface area contributed by atoms with Crippen LogP contribution in [0.25, 0.3) is 0 Å². The Hall–Kier alpha value is -1.75. The molecule has 0 bridgehead atoms. The van der Waals surface area contributed by atoms with E-state index in [1.54, 1.807) is 24.3 Å². The van der Waals surface area contributed by atoms with E-state index < -0.39 is 0 Å². The van der Waals surface area contributed by atoms with Crippen molar-refractivity contribution < 1.29 is 4.79 Å². The third-order valence-corrected chi connectivity index (χ3v) is 4.27. The second kappa shape index (κ2) is 13.4. The number of nitrogen functional groups attached to an aromatic ring is 1. The predicted octanol–water partition coefficient (Wildman–Crippen LogP) is 4.66. The summed E-state index contributed by atoms with van der Waals surface area (Å²) in [5.74, 6) is -0.101. The number of carbonyl (C=O) groups excluding carboxylic acids is 1. The van der Waals surface area contributed by atoms with Gasteiger partial charge in [-0.1, -0.05) is 50.6 Å².